The second kappa shape index (κ2) is 9.10. The van der Waals surface area contributed by atoms with Crippen molar-refractivity contribution < 1.29 is 9.21 Å². The SMILES string of the molecule is CN1CCC(N(Cc2ccco2)C(=O)c2csc(-c3cnn(-c4ccccc4)c3)n2)CC1. The number of hydrogen-bond acceptors (Lipinski definition) is 6. The molecule has 164 valence electrons. The summed E-state index contributed by atoms with van der Waals surface area (Å²) in [6, 6.07) is 13.9. The average molecular weight is 448 g/mol. The molecule has 0 N–H and O–H groups in total. The normalized spacial score (nSPS) is 15.2. The highest BCUT2D eigenvalue weighted by Gasteiger charge is 2.30. The Kier molecular flexibility index (Phi) is 5.87. The van der Waals surface area contributed by atoms with Crippen LogP contribution in [0.25, 0.3) is 16.3 Å². The number of carbonyl (C=O) groups is 1. The number of para-hydroxylation sites is 1. The molecular formula is C24H25N5O2S. The zero-order chi connectivity index (χ0) is 21.9. The van der Waals surface area contributed by atoms with Crippen LogP contribution < -0.4 is 0 Å². The molecule has 5 rings (SSSR count). The van der Waals surface area contributed by atoms with Crippen molar-refractivity contribution >= 4 is 17.2 Å². The number of likely N-dealkylation sites (tertiary alicyclic amines) is 1. The van der Waals surface area contributed by atoms with Gasteiger partial charge in [-0.25, -0.2) is 9.67 Å². The minimum Gasteiger partial charge on any atom is -0.467 e. The summed E-state index contributed by atoms with van der Waals surface area (Å²) < 4.78 is 7.37. The van der Waals surface area contributed by atoms with Gasteiger partial charge in [-0.3, -0.25) is 4.79 Å². The van der Waals surface area contributed by atoms with Crippen LogP contribution in [0.1, 0.15) is 29.1 Å². The number of amides is 1. The van der Waals surface area contributed by atoms with Crippen molar-refractivity contribution in [1.29, 1.82) is 0 Å². The Morgan fingerprint density at radius 1 is 1.19 bits per heavy atom. The monoisotopic (exact) mass is 447 g/mol. The van der Waals surface area contributed by atoms with Gasteiger partial charge in [-0.15, -0.1) is 11.3 Å². The predicted octanol–water partition coefficient (Wildman–Crippen LogP) is 4.33. The van der Waals surface area contributed by atoms with Crippen LogP contribution in [0.3, 0.4) is 0 Å². The second-order valence-corrected chi connectivity index (χ2v) is 8.95. The van der Waals surface area contributed by atoms with E-state index in [4.69, 9.17) is 4.42 Å². The van der Waals surface area contributed by atoms with Crippen LogP contribution in [0.15, 0.2) is 70.9 Å². The van der Waals surface area contributed by atoms with E-state index in [-0.39, 0.29) is 11.9 Å². The first-order chi connectivity index (χ1) is 15.7. The number of rotatable bonds is 6. The fourth-order valence-electron chi connectivity index (χ4n) is 4.05. The molecule has 0 aliphatic carbocycles. The number of piperidine rings is 1. The van der Waals surface area contributed by atoms with E-state index in [1.165, 1.54) is 11.3 Å². The molecule has 4 aromatic rings. The minimum absolute atomic E-state index is 0.0473. The van der Waals surface area contributed by atoms with Crippen LogP contribution in [0.2, 0.25) is 0 Å². The molecule has 1 aliphatic heterocycles. The Morgan fingerprint density at radius 2 is 2.00 bits per heavy atom. The zero-order valence-electron chi connectivity index (χ0n) is 17.9. The van der Waals surface area contributed by atoms with Crippen molar-refractivity contribution in [3.63, 3.8) is 0 Å². The van der Waals surface area contributed by atoms with Crippen LogP contribution >= 0.6 is 11.3 Å². The quantitative estimate of drug-likeness (QED) is 0.440. The van der Waals surface area contributed by atoms with Gasteiger partial charge in [-0.05, 0) is 57.2 Å². The van der Waals surface area contributed by atoms with Crippen molar-refractivity contribution in [2.75, 3.05) is 20.1 Å². The molecule has 1 fully saturated rings. The summed E-state index contributed by atoms with van der Waals surface area (Å²) in [5, 5.41) is 7.09. The summed E-state index contributed by atoms with van der Waals surface area (Å²) in [5.41, 5.74) is 2.36. The molecule has 7 nitrogen and oxygen atoms in total. The van der Waals surface area contributed by atoms with Crippen LogP contribution in [-0.4, -0.2) is 56.7 Å². The van der Waals surface area contributed by atoms with Crippen LogP contribution in [-0.2, 0) is 6.54 Å². The highest BCUT2D eigenvalue weighted by Crippen LogP contribution is 2.27. The van der Waals surface area contributed by atoms with E-state index < -0.39 is 0 Å². The van der Waals surface area contributed by atoms with Crippen LogP contribution in [0.5, 0.6) is 0 Å². The van der Waals surface area contributed by atoms with Crippen molar-refractivity contribution in [2.24, 2.45) is 0 Å². The molecule has 1 amide bonds. The smallest absolute Gasteiger partial charge is 0.274 e. The first-order valence-electron chi connectivity index (χ1n) is 10.8. The topological polar surface area (TPSA) is 67.4 Å². The van der Waals surface area contributed by atoms with Gasteiger partial charge in [0.2, 0.25) is 0 Å². The summed E-state index contributed by atoms with van der Waals surface area (Å²) in [7, 11) is 2.12. The lowest BCUT2D eigenvalue weighted by Gasteiger charge is -2.36. The molecule has 3 aromatic heterocycles. The number of furan rings is 1. The lowest BCUT2D eigenvalue weighted by molar-refractivity contribution is 0.0545. The third-order valence-electron chi connectivity index (χ3n) is 5.87. The second-order valence-electron chi connectivity index (χ2n) is 8.09. The fourth-order valence-corrected chi connectivity index (χ4v) is 4.82. The van der Waals surface area contributed by atoms with Gasteiger partial charge in [-0.1, -0.05) is 18.2 Å². The van der Waals surface area contributed by atoms with E-state index in [0.29, 0.717) is 12.2 Å². The lowest BCUT2D eigenvalue weighted by Crippen LogP contribution is -2.46. The van der Waals surface area contributed by atoms with Crippen LogP contribution in [0.4, 0.5) is 0 Å². The Balaban J connectivity index is 1.37. The Morgan fingerprint density at radius 3 is 2.75 bits per heavy atom. The van der Waals surface area contributed by atoms with Gasteiger partial charge in [-0.2, -0.15) is 5.10 Å². The summed E-state index contributed by atoms with van der Waals surface area (Å²) in [5.74, 6) is 0.741. The van der Waals surface area contributed by atoms with Gasteiger partial charge in [0.15, 0.2) is 0 Å². The molecule has 0 unspecified atom stereocenters. The summed E-state index contributed by atoms with van der Waals surface area (Å²) in [6.07, 6.45) is 7.28. The molecular weight excluding hydrogens is 422 g/mol. The highest BCUT2D eigenvalue weighted by atomic mass is 32.1. The third kappa shape index (κ3) is 4.37. The number of benzene rings is 1. The molecule has 0 atom stereocenters. The van der Waals surface area contributed by atoms with Crippen molar-refractivity contribution in [3.05, 3.63) is 78.0 Å². The van der Waals surface area contributed by atoms with Gasteiger partial charge < -0.3 is 14.2 Å². The number of carbonyl (C=O) groups excluding carboxylic acids is 1. The third-order valence-corrected chi connectivity index (χ3v) is 6.76. The van der Waals surface area contributed by atoms with Gasteiger partial charge in [0, 0.05) is 23.2 Å². The molecule has 8 heteroatoms. The number of thiazole rings is 1. The summed E-state index contributed by atoms with van der Waals surface area (Å²) in [4.78, 5) is 22.4. The standard InChI is InChI=1S/C24H25N5O2S/c1-27-11-9-19(10-12-27)28(16-21-8-5-13-31-21)24(30)22-17-32-23(26-22)18-14-25-29(15-18)20-6-3-2-4-7-20/h2-8,13-15,17,19H,9-12,16H2,1H3. The van der Waals surface area contributed by atoms with E-state index in [0.717, 1.165) is 47.9 Å². The zero-order valence-corrected chi connectivity index (χ0v) is 18.7. The van der Waals surface area contributed by atoms with Gasteiger partial charge in [0.25, 0.3) is 5.91 Å². The van der Waals surface area contributed by atoms with Gasteiger partial charge >= 0.3 is 0 Å². The number of nitrogens with zero attached hydrogens (tertiary/aromatic N) is 5. The van der Waals surface area contributed by atoms with E-state index >= 15 is 0 Å². The average Bonchev–Trinajstić information content (AvgIpc) is 3.60. The van der Waals surface area contributed by atoms with Crippen molar-refractivity contribution in [2.45, 2.75) is 25.4 Å². The fraction of sp³-hybridized carbons (Fsp3) is 0.292. The number of aromatic nitrogens is 3. The van der Waals surface area contributed by atoms with Crippen LogP contribution in [0, 0.1) is 0 Å². The number of hydrogen-bond donors (Lipinski definition) is 0. The largest absolute Gasteiger partial charge is 0.467 e. The first kappa shape index (κ1) is 20.7. The maximum Gasteiger partial charge on any atom is 0.274 e. The minimum atomic E-state index is -0.0473. The maximum absolute atomic E-state index is 13.5. The molecule has 0 bridgehead atoms. The summed E-state index contributed by atoms with van der Waals surface area (Å²) in [6.45, 7) is 2.42. The van der Waals surface area contributed by atoms with Gasteiger partial charge in [0.1, 0.15) is 16.5 Å². The highest BCUT2D eigenvalue weighted by molar-refractivity contribution is 7.13. The maximum atomic E-state index is 13.5. The molecule has 1 aromatic carbocycles. The molecule has 4 heterocycles. The lowest BCUT2D eigenvalue weighted by atomic mass is 10.0. The van der Waals surface area contributed by atoms with E-state index in [2.05, 4.69) is 22.0 Å². The Labute approximate surface area is 190 Å². The molecule has 0 radical (unpaired) electrons. The molecule has 1 saturated heterocycles. The van der Waals surface area contributed by atoms with Gasteiger partial charge in [0.05, 0.1) is 24.7 Å². The molecule has 0 saturated carbocycles. The summed E-state index contributed by atoms with van der Waals surface area (Å²) >= 11 is 1.47. The Bertz CT molecular complexity index is 1160. The van der Waals surface area contributed by atoms with E-state index in [1.54, 1.807) is 12.5 Å². The molecule has 0 spiro atoms. The van der Waals surface area contributed by atoms with E-state index in [9.17, 15) is 4.79 Å². The predicted molar refractivity (Wildman–Crippen MR) is 124 cm³/mol. The van der Waals surface area contributed by atoms with Crippen molar-refractivity contribution in [1.82, 2.24) is 24.6 Å². The first-order valence-corrected chi connectivity index (χ1v) is 11.6. The van der Waals surface area contributed by atoms with E-state index in [1.807, 2.05) is 63.6 Å². The Hall–Kier alpha value is -3.23. The molecule has 1 aliphatic rings. The van der Waals surface area contributed by atoms with Crippen molar-refractivity contribution in [3.8, 4) is 16.3 Å². The molecule has 32 heavy (non-hydrogen) atoms.